The van der Waals surface area contributed by atoms with Gasteiger partial charge in [-0.3, -0.25) is 0 Å². The summed E-state index contributed by atoms with van der Waals surface area (Å²) in [5, 5.41) is 3.96. The van der Waals surface area contributed by atoms with Crippen LogP contribution in [-0.4, -0.2) is 19.9 Å². The van der Waals surface area contributed by atoms with Gasteiger partial charge in [-0.2, -0.15) is 0 Å². The lowest BCUT2D eigenvalue weighted by atomic mass is 9.82. The molecule has 0 atom stereocenters. The molecular weight excluding hydrogens is 661 g/mol. The molecule has 54 heavy (non-hydrogen) atoms. The van der Waals surface area contributed by atoms with Crippen molar-refractivity contribution in [2.24, 2.45) is 0 Å². The minimum Gasteiger partial charge on any atom is -0.456 e. The van der Waals surface area contributed by atoms with Crippen LogP contribution in [0.2, 0.25) is 0 Å². The Hall–Kier alpha value is -6.98. The maximum Gasteiger partial charge on any atom is 0.161 e. The zero-order valence-electron chi connectivity index (χ0n) is 29.7. The van der Waals surface area contributed by atoms with Gasteiger partial charge in [0.25, 0.3) is 0 Å². The molecule has 10 aromatic rings. The summed E-state index contributed by atoms with van der Waals surface area (Å²) in [6.07, 6.45) is 0. The summed E-state index contributed by atoms with van der Waals surface area (Å²) < 4.78 is 6.48. The van der Waals surface area contributed by atoms with Gasteiger partial charge >= 0.3 is 0 Å². The summed E-state index contributed by atoms with van der Waals surface area (Å²) in [4.78, 5) is 20.9. The van der Waals surface area contributed by atoms with Crippen LogP contribution in [0.15, 0.2) is 162 Å². The van der Waals surface area contributed by atoms with E-state index in [1.165, 1.54) is 22.3 Å². The van der Waals surface area contributed by atoms with Gasteiger partial charge in [-0.05, 0) is 58.7 Å². The number of fused-ring (bicyclic) bond motifs is 8. The largest absolute Gasteiger partial charge is 0.456 e. The first-order valence-electron chi connectivity index (χ1n) is 18.3. The number of hydrogen-bond acceptors (Lipinski definition) is 5. The van der Waals surface area contributed by atoms with Gasteiger partial charge < -0.3 is 4.42 Å². The molecule has 0 saturated carbocycles. The standard InChI is InChI=1S/C49H32N4O/c1-49(2)37-21-9-6-16-31(37)43-34(19-12-22-38(43)49)46-33-18-8-11-24-40(33)50-47(53-46)30-26-27-41-36(28-30)44-35(20-13-25-42(44)54-41)48-51-39-23-10-7-17-32(39)45(52-48)29-14-4-3-5-15-29/h3-28H,1-2H3. The Morgan fingerprint density at radius 1 is 0.426 bits per heavy atom. The van der Waals surface area contributed by atoms with Crippen molar-refractivity contribution in [2.45, 2.75) is 19.3 Å². The smallest absolute Gasteiger partial charge is 0.161 e. The quantitative estimate of drug-likeness (QED) is 0.184. The lowest BCUT2D eigenvalue weighted by molar-refractivity contribution is 0.660. The minimum absolute atomic E-state index is 0.116. The van der Waals surface area contributed by atoms with Crippen molar-refractivity contribution in [3.8, 4) is 56.4 Å². The lowest BCUT2D eigenvalue weighted by Crippen LogP contribution is -2.14. The summed E-state index contributed by atoms with van der Waals surface area (Å²) in [7, 11) is 0. The van der Waals surface area contributed by atoms with E-state index in [1.54, 1.807) is 0 Å². The predicted octanol–water partition coefficient (Wildman–Crippen LogP) is 12.4. The molecule has 1 aliphatic carbocycles. The first-order valence-corrected chi connectivity index (χ1v) is 18.3. The Bertz CT molecular complexity index is 3140. The number of para-hydroxylation sites is 2. The van der Waals surface area contributed by atoms with Gasteiger partial charge in [-0.15, -0.1) is 0 Å². The highest BCUT2D eigenvalue weighted by atomic mass is 16.3. The summed E-state index contributed by atoms with van der Waals surface area (Å²) in [5.74, 6) is 1.31. The number of rotatable bonds is 4. The molecule has 5 nitrogen and oxygen atoms in total. The van der Waals surface area contributed by atoms with E-state index in [9.17, 15) is 0 Å². The van der Waals surface area contributed by atoms with Gasteiger partial charge in [0.15, 0.2) is 11.6 Å². The van der Waals surface area contributed by atoms with Crippen LogP contribution in [0.5, 0.6) is 0 Å². The number of furan rings is 1. The molecule has 0 spiro atoms. The highest BCUT2D eigenvalue weighted by molar-refractivity contribution is 6.13. The number of aromatic nitrogens is 4. The average molecular weight is 693 g/mol. The van der Waals surface area contributed by atoms with Crippen molar-refractivity contribution >= 4 is 43.7 Å². The Balaban J connectivity index is 1.13. The summed E-state index contributed by atoms with van der Waals surface area (Å²) in [5.41, 5.74) is 14.2. The number of benzene rings is 7. The molecule has 3 aromatic heterocycles. The summed E-state index contributed by atoms with van der Waals surface area (Å²) in [6, 6.07) is 54.6. The molecule has 0 radical (unpaired) electrons. The zero-order valence-corrected chi connectivity index (χ0v) is 29.7. The second-order valence-corrected chi connectivity index (χ2v) is 14.6. The van der Waals surface area contributed by atoms with Crippen LogP contribution < -0.4 is 0 Å². The van der Waals surface area contributed by atoms with Gasteiger partial charge in [0.1, 0.15) is 11.2 Å². The molecule has 0 saturated heterocycles. The minimum atomic E-state index is -0.116. The molecule has 1 aliphatic rings. The van der Waals surface area contributed by atoms with E-state index >= 15 is 0 Å². The molecule has 7 aromatic carbocycles. The Labute approximate surface area is 311 Å². The summed E-state index contributed by atoms with van der Waals surface area (Å²) >= 11 is 0. The van der Waals surface area contributed by atoms with Crippen molar-refractivity contribution in [3.05, 3.63) is 169 Å². The molecule has 0 bridgehead atoms. The van der Waals surface area contributed by atoms with Crippen molar-refractivity contribution in [1.82, 2.24) is 19.9 Å². The van der Waals surface area contributed by atoms with Gasteiger partial charge in [0, 0.05) is 49.2 Å². The second-order valence-electron chi connectivity index (χ2n) is 14.6. The van der Waals surface area contributed by atoms with E-state index in [1.807, 2.05) is 54.6 Å². The topological polar surface area (TPSA) is 64.7 Å². The van der Waals surface area contributed by atoms with Crippen LogP contribution >= 0.6 is 0 Å². The molecule has 0 aliphatic heterocycles. The van der Waals surface area contributed by atoms with Crippen LogP contribution in [-0.2, 0) is 5.41 Å². The monoisotopic (exact) mass is 692 g/mol. The molecular formula is C49H32N4O. The molecule has 0 N–H and O–H groups in total. The fraction of sp³-hybridized carbons (Fsp3) is 0.0612. The van der Waals surface area contributed by atoms with Crippen LogP contribution in [0.25, 0.3) is 100 Å². The lowest BCUT2D eigenvalue weighted by Gasteiger charge is -2.21. The first-order chi connectivity index (χ1) is 26.5. The van der Waals surface area contributed by atoms with Crippen molar-refractivity contribution < 1.29 is 4.42 Å². The van der Waals surface area contributed by atoms with Gasteiger partial charge in [0.05, 0.1) is 22.4 Å². The number of hydrogen-bond donors (Lipinski definition) is 0. The van der Waals surface area contributed by atoms with E-state index < -0.39 is 0 Å². The Morgan fingerprint density at radius 3 is 1.89 bits per heavy atom. The maximum absolute atomic E-state index is 6.48. The molecule has 254 valence electrons. The maximum atomic E-state index is 6.48. The average Bonchev–Trinajstić information content (AvgIpc) is 3.72. The fourth-order valence-corrected chi connectivity index (χ4v) is 8.53. The SMILES string of the molecule is CC1(C)c2ccccc2-c2c(-c3nc(-c4ccc5oc6cccc(-c7nc(-c8ccccc8)c8ccccc8n7)c6c5c4)nc4ccccc34)cccc21. The van der Waals surface area contributed by atoms with E-state index in [4.69, 9.17) is 24.4 Å². The summed E-state index contributed by atoms with van der Waals surface area (Å²) in [6.45, 7) is 4.63. The predicted molar refractivity (Wildman–Crippen MR) is 219 cm³/mol. The van der Waals surface area contributed by atoms with Crippen LogP contribution in [0.3, 0.4) is 0 Å². The van der Waals surface area contributed by atoms with Crippen LogP contribution in [0.1, 0.15) is 25.0 Å². The number of nitrogens with zero attached hydrogens (tertiary/aromatic N) is 4. The van der Waals surface area contributed by atoms with Gasteiger partial charge in [-0.1, -0.05) is 135 Å². The normalized spacial score (nSPS) is 13.1. The first kappa shape index (κ1) is 30.6. The van der Waals surface area contributed by atoms with Crippen molar-refractivity contribution in [1.29, 1.82) is 0 Å². The molecule has 0 amide bonds. The molecule has 0 fully saturated rings. The van der Waals surface area contributed by atoms with Gasteiger partial charge in [0.2, 0.25) is 0 Å². The van der Waals surface area contributed by atoms with Crippen LogP contribution in [0.4, 0.5) is 0 Å². The third kappa shape index (κ3) is 4.51. The second kappa shape index (κ2) is 11.5. The van der Waals surface area contributed by atoms with Gasteiger partial charge in [-0.25, -0.2) is 19.9 Å². The molecule has 0 unspecified atom stereocenters. The van der Waals surface area contributed by atoms with E-state index in [2.05, 4.69) is 117 Å². The molecule has 3 heterocycles. The highest BCUT2D eigenvalue weighted by Crippen LogP contribution is 2.52. The fourth-order valence-electron chi connectivity index (χ4n) is 8.53. The van der Waals surface area contributed by atoms with Crippen molar-refractivity contribution in [3.63, 3.8) is 0 Å². The molecule has 11 rings (SSSR count). The van der Waals surface area contributed by atoms with E-state index in [0.29, 0.717) is 11.6 Å². The van der Waals surface area contributed by atoms with E-state index in [-0.39, 0.29) is 5.41 Å². The Kier molecular flexibility index (Phi) is 6.53. The zero-order chi connectivity index (χ0) is 36.0. The van der Waals surface area contributed by atoms with Crippen molar-refractivity contribution in [2.75, 3.05) is 0 Å². The van der Waals surface area contributed by atoms with E-state index in [0.717, 1.165) is 77.4 Å². The third-order valence-electron chi connectivity index (χ3n) is 11.1. The highest BCUT2D eigenvalue weighted by Gasteiger charge is 2.37. The molecule has 5 heteroatoms. The Morgan fingerprint density at radius 2 is 1.06 bits per heavy atom. The third-order valence-corrected chi connectivity index (χ3v) is 11.1. The van der Waals surface area contributed by atoms with Crippen LogP contribution in [0, 0.1) is 0 Å².